The number of carbonyl (C=O) groups is 2. The van der Waals surface area contributed by atoms with Crippen molar-refractivity contribution in [2.75, 3.05) is 13.7 Å². The molecule has 0 saturated carbocycles. The highest BCUT2D eigenvalue weighted by Gasteiger charge is 2.39. The molecule has 8 nitrogen and oxygen atoms in total. The van der Waals surface area contributed by atoms with Gasteiger partial charge in [-0.1, -0.05) is 18.2 Å². The molecule has 2 atom stereocenters. The van der Waals surface area contributed by atoms with E-state index >= 15 is 0 Å². The number of halogens is 3. The van der Waals surface area contributed by atoms with E-state index in [0.717, 1.165) is 0 Å². The van der Waals surface area contributed by atoms with Crippen molar-refractivity contribution in [1.29, 1.82) is 0 Å². The van der Waals surface area contributed by atoms with Gasteiger partial charge in [-0.25, -0.2) is 14.6 Å². The Morgan fingerprint density at radius 2 is 2.07 bits per heavy atom. The predicted molar refractivity (Wildman–Crippen MR) is 94.0 cm³/mol. The lowest BCUT2D eigenvalue weighted by molar-refractivity contribution is -0.275. The van der Waals surface area contributed by atoms with Crippen LogP contribution in [0.4, 0.5) is 18.0 Å². The van der Waals surface area contributed by atoms with Crippen LogP contribution >= 0.6 is 0 Å². The lowest BCUT2D eigenvalue weighted by Crippen LogP contribution is -2.50. The molecule has 3 rings (SSSR count). The van der Waals surface area contributed by atoms with Crippen LogP contribution in [0.2, 0.25) is 0 Å². The molecule has 0 unspecified atom stereocenters. The second-order valence-electron chi connectivity index (χ2n) is 6.39. The summed E-state index contributed by atoms with van der Waals surface area (Å²) in [5, 5.41) is 2.50. The van der Waals surface area contributed by atoms with Crippen LogP contribution in [-0.2, 0) is 16.0 Å². The number of esters is 1. The largest absolute Gasteiger partial charge is 0.573 e. The number of rotatable bonds is 4. The highest BCUT2D eigenvalue weighted by Crippen LogP contribution is 2.39. The maximum absolute atomic E-state index is 12.9. The van der Waals surface area contributed by atoms with Gasteiger partial charge in [0, 0.05) is 24.2 Å². The van der Waals surface area contributed by atoms with Crippen molar-refractivity contribution < 1.29 is 32.2 Å². The molecule has 1 aromatic carbocycles. The van der Waals surface area contributed by atoms with E-state index in [-0.39, 0.29) is 12.1 Å². The van der Waals surface area contributed by atoms with Gasteiger partial charge in [0.2, 0.25) is 0 Å². The molecule has 0 bridgehead atoms. The number of para-hydroxylation sites is 1. The number of aromatic nitrogens is 2. The summed E-state index contributed by atoms with van der Waals surface area (Å²) < 4.78 is 47.4. The second-order valence-corrected chi connectivity index (χ2v) is 6.39. The van der Waals surface area contributed by atoms with Gasteiger partial charge in [-0.2, -0.15) is 0 Å². The molecule has 11 heteroatoms. The Labute approximate surface area is 164 Å². The van der Waals surface area contributed by atoms with Gasteiger partial charge in [-0.05, 0) is 13.0 Å². The lowest BCUT2D eigenvalue weighted by Gasteiger charge is -2.36. The SMILES string of the molecule is COC(=O)[C@@H](C)NC(=O)N1CCc2[nH]cnc2[C@@H]1c1ccccc1OC(F)(F)F. The van der Waals surface area contributed by atoms with Crippen molar-refractivity contribution in [3.8, 4) is 5.75 Å². The summed E-state index contributed by atoms with van der Waals surface area (Å²) in [5.41, 5.74) is 1.25. The molecule has 156 valence electrons. The van der Waals surface area contributed by atoms with Crippen molar-refractivity contribution in [3.63, 3.8) is 0 Å². The van der Waals surface area contributed by atoms with Gasteiger partial charge in [0.05, 0.1) is 19.1 Å². The first-order chi connectivity index (χ1) is 13.7. The van der Waals surface area contributed by atoms with Crippen molar-refractivity contribution in [3.05, 3.63) is 47.5 Å². The highest BCUT2D eigenvalue weighted by atomic mass is 19.4. The zero-order chi connectivity index (χ0) is 21.2. The molecular weight excluding hydrogens is 393 g/mol. The van der Waals surface area contributed by atoms with Crippen LogP contribution in [0, 0.1) is 0 Å². The maximum atomic E-state index is 12.9. The molecule has 1 aromatic heterocycles. The molecule has 0 spiro atoms. The van der Waals surface area contributed by atoms with Crippen LogP contribution in [0.1, 0.15) is 29.9 Å². The van der Waals surface area contributed by atoms with Gasteiger partial charge >= 0.3 is 18.4 Å². The normalized spacial score (nSPS) is 17.3. The topological polar surface area (TPSA) is 96.6 Å². The number of aromatic amines is 1. The predicted octanol–water partition coefficient (Wildman–Crippen LogP) is 2.53. The van der Waals surface area contributed by atoms with Gasteiger partial charge in [0.25, 0.3) is 0 Å². The number of imidazole rings is 1. The summed E-state index contributed by atoms with van der Waals surface area (Å²) in [4.78, 5) is 33.0. The molecule has 2 N–H and O–H groups in total. The van der Waals surface area contributed by atoms with Crippen LogP contribution in [0.5, 0.6) is 5.75 Å². The molecule has 0 aliphatic carbocycles. The summed E-state index contributed by atoms with van der Waals surface area (Å²) in [6.07, 6.45) is -3.05. The number of ether oxygens (including phenoxy) is 2. The molecule has 0 fully saturated rings. The molecule has 2 amide bonds. The third-order valence-electron chi connectivity index (χ3n) is 4.52. The fourth-order valence-corrected chi connectivity index (χ4v) is 3.24. The van der Waals surface area contributed by atoms with Crippen LogP contribution < -0.4 is 10.1 Å². The van der Waals surface area contributed by atoms with Gasteiger partial charge in [0.1, 0.15) is 17.8 Å². The summed E-state index contributed by atoms with van der Waals surface area (Å²) >= 11 is 0. The summed E-state index contributed by atoms with van der Waals surface area (Å²) in [7, 11) is 1.19. The lowest BCUT2D eigenvalue weighted by atomic mass is 9.95. The number of benzene rings is 1. The third-order valence-corrected chi connectivity index (χ3v) is 4.52. The van der Waals surface area contributed by atoms with E-state index in [0.29, 0.717) is 17.8 Å². The average molecular weight is 412 g/mol. The zero-order valence-corrected chi connectivity index (χ0v) is 15.6. The molecule has 0 saturated heterocycles. The monoisotopic (exact) mass is 412 g/mol. The molecule has 1 aliphatic rings. The molecule has 29 heavy (non-hydrogen) atoms. The van der Waals surface area contributed by atoms with Crippen molar-refractivity contribution >= 4 is 12.0 Å². The van der Waals surface area contributed by atoms with Crippen molar-refractivity contribution in [2.24, 2.45) is 0 Å². The van der Waals surface area contributed by atoms with E-state index < -0.39 is 36.2 Å². The van der Waals surface area contributed by atoms with Crippen LogP contribution in [-0.4, -0.2) is 52.9 Å². The average Bonchev–Trinajstić information content (AvgIpc) is 3.14. The minimum absolute atomic E-state index is 0.124. The standard InChI is InChI=1S/C18H19F3N4O4/c1-10(16(26)28-2)24-17(27)25-8-7-12-14(23-9-22-12)15(25)11-5-3-4-6-13(11)29-18(19,20)21/h3-6,9-10,15H,7-8H2,1-2H3,(H,22,23)(H,24,27)/t10-,15+/m1/s1. The Bertz CT molecular complexity index is 899. The fraction of sp³-hybridized carbons (Fsp3) is 0.389. The highest BCUT2D eigenvalue weighted by molar-refractivity contribution is 5.83. The Balaban J connectivity index is 1.99. The van der Waals surface area contributed by atoms with E-state index in [1.165, 1.54) is 43.5 Å². The van der Waals surface area contributed by atoms with Crippen LogP contribution in [0.25, 0.3) is 0 Å². The van der Waals surface area contributed by atoms with Crippen molar-refractivity contribution in [2.45, 2.75) is 31.8 Å². The number of urea groups is 1. The number of H-pyrrole nitrogens is 1. The second kappa shape index (κ2) is 8.02. The number of fused-ring (bicyclic) bond motifs is 1. The Morgan fingerprint density at radius 1 is 1.34 bits per heavy atom. The first-order valence-electron chi connectivity index (χ1n) is 8.73. The van der Waals surface area contributed by atoms with E-state index in [1.807, 2.05) is 0 Å². The molecule has 1 aliphatic heterocycles. The van der Waals surface area contributed by atoms with Gasteiger partial charge in [0.15, 0.2) is 0 Å². The number of carbonyl (C=O) groups excluding carboxylic acids is 2. The smallest absolute Gasteiger partial charge is 0.467 e. The number of hydrogen-bond donors (Lipinski definition) is 2. The first-order valence-corrected chi connectivity index (χ1v) is 8.73. The quantitative estimate of drug-likeness (QED) is 0.753. The number of alkyl halides is 3. The van der Waals surface area contributed by atoms with Gasteiger partial charge in [-0.3, -0.25) is 0 Å². The van der Waals surface area contributed by atoms with Crippen LogP contribution in [0.15, 0.2) is 30.6 Å². The number of amides is 2. The van der Waals surface area contributed by atoms with Gasteiger partial charge in [-0.15, -0.1) is 13.2 Å². The van der Waals surface area contributed by atoms with Crippen LogP contribution in [0.3, 0.4) is 0 Å². The number of nitrogens with one attached hydrogen (secondary N) is 2. The third kappa shape index (κ3) is 4.44. The van der Waals surface area contributed by atoms with Crippen molar-refractivity contribution in [1.82, 2.24) is 20.2 Å². The fourth-order valence-electron chi connectivity index (χ4n) is 3.24. The van der Waals surface area contributed by atoms with E-state index in [4.69, 9.17) is 0 Å². The summed E-state index contributed by atoms with van der Waals surface area (Å²) in [5.74, 6) is -1.08. The Morgan fingerprint density at radius 3 is 2.76 bits per heavy atom. The van der Waals surface area contributed by atoms with Gasteiger partial charge < -0.3 is 24.7 Å². The Kier molecular flexibility index (Phi) is 5.66. The zero-order valence-electron chi connectivity index (χ0n) is 15.6. The number of nitrogens with zero attached hydrogens (tertiary/aromatic N) is 2. The molecule has 2 aromatic rings. The molecule has 2 heterocycles. The molecular formula is C18H19F3N4O4. The minimum atomic E-state index is -4.90. The molecule has 0 radical (unpaired) electrons. The van der Waals surface area contributed by atoms with E-state index in [9.17, 15) is 22.8 Å². The minimum Gasteiger partial charge on any atom is -0.467 e. The maximum Gasteiger partial charge on any atom is 0.573 e. The van der Waals surface area contributed by atoms with E-state index in [1.54, 1.807) is 6.07 Å². The number of methoxy groups -OCH3 is 1. The summed E-state index contributed by atoms with van der Waals surface area (Å²) in [6, 6.07) is 3.07. The Hall–Kier alpha value is -3.24. The first kappa shape index (κ1) is 20.5. The summed E-state index contributed by atoms with van der Waals surface area (Å²) in [6.45, 7) is 1.64. The van der Waals surface area contributed by atoms with E-state index in [2.05, 4.69) is 24.8 Å². The number of hydrogen-bond acceptors (Lipinski definition) is 5.